The third-order valence-corrected chi connectivity index (χ3v) is 6.97. The Morgan fingerprint density at radius 2 is 1.67 bits per heavy atom. The molecule has 8 heteroatoms. The summed E-state index contributed by atoms with van der Waals surface area (Å²) in [6, 6.07) is 16.2. The van der Waals surface area contributed by atoms with E-state index in [1.165, 1.54) is 16.8 Å². The second-order valence-electron chi connectivity index (χ2n) is 9.48. The standard InChI is InChI=1S/C28H36FN5O2/c1-5-31(6-2)28(36)27(21-10-8-7-9-11-21)33-16-14-32(15-17-33)25-13-12-22(18-23(25)29)24-19-26(35)34(30-24)20(3)4/h7-13,18-20,27,30H,5-6,14-17H2,1-4H3. The lowest BCUT2D eigenvalue weighted by Gasteiger charge is -2.41. The van der Waals surface area contributed by atoms with Gasteiger partial charge in [0.05, 0.1) is 11.4 Å². The van der Waals surface area contributed by atoms with Gasteiger partial charge < -0.3 is 9.80 Å². The maximum absolute atomic E-state index is 15.2. The van der Waals surface area contributed by atoms with Gasteiger partial charge in [0.2, 0.25) is 5.91 Å². The number of likely N-dealkylation sites (N-methyl/N-ethyl adjacent to an activating group) is 1. The van der Waals surface area contributed by atoms with Crippen LogP contribution in [0.5, 0.6) is 0 Å². The molecule has 0 aliphatic carbocycles. The van der Waals surface area contributed by atoms with Gasteiger partial charge in [-0.05, 0) is 45.4 Å². The highest BCUT2D eigenvalue weighted by molar-refractivity contribution is 5.83. The molecule has 36 heavy (non-hydrogen) atoms. The van der Waals surface area contributed by atoms with E-state index < -0.39 is 0 Å². The van der Waals surface area contributed by atoms with E-state index in [2.05, 4.69) is 10.00 Å². The van der Waals surface area contributed by atoms with Crippen molar-refractivity contribution in [3.8, 4) is 11.3 Å². The van der Waals surface area contributed by atoms with Gasteiger partial charge in [-0.25, -0.2) is 4.39 Å². The number of aromatic nitrogens is 2. The topological polar surface area (TPSA) is 64.6 Å². The molecule has 1 atom stereocenters. The molecule has 2 heterocycles. The van der Waals surface area contributed by atoms with Crippen LogP contribution in [0, 0.1) is 5.82 Å². The number of amides is 1. The minimum Gasteiger partial charge on any atom is -0.367 e. The second kappa shape index (κ2) is 11.1. The Labute approximate surface area is 212 Å². The molecule has 1 N–H and O–H groups in total. The molecule has 7 nitrogen and oxygen atoms in total. The normalized spacial score (nSPS) is 15.3. The molecule has 4 rings (SSSR count). The van der Waals surface area contributed by atoms with Crippen molar-refractivity contribution >= 4 is 11.6 Å². The summed E-state index contributed by atoms with van der Waals surface area (Å²) in [5, 5.41) is 3.07. The van der Waals surface area contributed by atoms with Crippen LogP contribution in [-0.4, -0.2) is 64.8 Å². The van der Waals surface area contributed by atoms with E-state index in [4.69, 9.17) is 0 Å². The molecule has 3 aromatic rings. The number of carbonyl (C=O) groups excluding carboxylic acids is 1. The van der Waals surface area contributed by atoms with Crippen molar-refractivity contribution in [3.63, 3.8) is 0 Å². The number of nitrogens with one attached hydrogen (secondary N) is 1. The van der Waals surface area contributed by atoms with Crippen molar-refractivity contribution in [2.24, 2.45) is 0 Å². The first kappa shape index (κ1) is 25.7. The van der Waals surface area contributed by atoms with E-state index in [0.717, 1.165) is 5.56 Å². The molecule has 1 saturated heterocycles. The van der Waals surface area contributed by atoms with Crippen molar-refractivity contribution in [1.29, 1.82) is 0 Å². The molecular formula is C28H36FN5O2. The maximum atomic E-state index is 15.2. The molecular weight excluding hydrogens is 457 g/mol. The largest absolute Gasteiger partial charge is 0.367 e. The van der Waals surface area contributed by atoms with Gasteiger partial charge in [-0.3, -0.25) is 24.3 Å². The van der Waals surface area contributed by atoms with Crippen molar-refractivity contribution in [1.82, 2.24) is 19.6 Å². The van der Waals surface area contributed by atoms with Gasteiger partial charge in [-0.15, -0.1) is 0 Å². The molecule has 0 spiro atoms. The zero-order chi connectivity index (χ0) is 25.8. The molecule has 2 aromatic carbocycles. The van der Waals surface area contributed by atoms with Crippen LogP contribution in [0.1, 0.15) is 45.3 Å². The number of H-pyrrole nitrogens is 1. The van der Waals surface area contributed by atoms with Crippen LogP contribution in [0.2, 0.25) is 0 Å². The summed E-state index contributed by atoms with van der Waals surface area (Å²) < 4.78 is 16.7. The fraction of sp³-hybridized carbons (Fsp3) is 0.429. The fourth-order valence-electron chi connectivity index (χ4n) is 4.95. The first-order valence-electron chi connectivity index (χ1n) is 12.8. The Morgan fingerprint density at radius 3 is 2.22 bits per heavy atom. The highest BCUT2D eigenvalue weighted by atomic mass is 19.1. The highest BCUT2D eigenvalue weighted by Gasteiger charge is 2.33. The minimum atomic E-state index is -0.345. The zero-order valence-electron chi connectivity index (χ0n) is 21.6. The molecule has 192 valence electrons. The fourth-order valence-corrected chi connectivity index (χ4v) is 4.95. The quantitative estimate of drug-likeness (QED) is 0.508. The van der Waals surface area contributed by atoms with Gasteiger partial charge in [0.25, 0.3) is 5.56 Å². The SMILES string of the molecule is CCN(CC)C(=O)C(c1ccccc1)N1CCN(c2ccc(-c3cc(=O)n(C(C)C)[nH]3)cc2F)CC1. The van der Waals surface area contributed by atoms with Crippen LogP contribution in [0.15, 0.2) is 59.4 Å². The van der Waals surface area contributed by atoms with Gasteiger partial charge in [-0.1, -0.05) is 36.4 Å². The third-order valence-electron chi connectivity index (χ3n) is 6.97. The monoisotopic (exact) mass is 493 g/mol. The summed E-state index contributed by atoms with van der Waals surface area (Å²) in [7, 11) is 0. The van der Waals surface area contributed by atoms with E-state index in [9.17, 15) is 9.59 Å². The molecule has 1 aliphatic rings. The Morgan fingerprint density at radius 1 is 1.00 bits per heavy atom. The van der Waals surface area contributed by atoms with Crippen molar-refractivity contribution in [2.45, 2.75) is 39.8 Å². The number of anilines is 1. The number of hydrogen-bond donors (Lipinski definition) is 1. The van der Waals surface area contributed by atoms with Crippen LogP contribution >= 0.6 is 0 Å². The van der Waals surface area contributed by atoms with Gasteiger partial charge in [0.15, 0.2) is 0 Å². The third kappa shape index (κ3) is 5.23. The maximum Gasteiger partial charge on any atom is 0.267 e. The van der Waals surface area contributed by atoms with Gasteiger partial charge in [-0.2, -0.15) is 0 Å². The molecule has 1 amide bonds. The smallest absolute Gasteiger partial charge is 0.267 e. The number of halogens is 1. The number of piperazine rings is 1. The van der Waals surface area contributed by atoms with Crippen LogP contribution in [-0.2, 0) is 4.79 Å². The van der Waals surface area contributed by atoms with E-state index in [0.29, 0.717) is 56.2 Å². The summed E-state index contributed by atoms with van der Waals surface area (Å²) in [5.74, 6) is -0.213. The molecule has 0 saturated carbocycles. The number of hydrogen-bond acceptors (Lipinski definition) is 4. The van der Waals surface area contributed by atoms with Crippen molar-refractivity contribution in [2.75, 3.05) is 44.2 Å². The Bertz CT molecular complexity index is 1220. The lowest BCUT2D eigenvalue weighted by Crippen LogP contribution is -2.51. The van der Waals surface area contributed by atoms with E-state index in [-0.39, 0.29) is 29.4 Å². The van der Waals surface area contributed by atoms with Crippen LogP contribution < -0.4 is 10.5 Å². The highest BCUT2D eigenvalue weighted by Crippen LogP contribution is 2.29. The summed E-state index contributed by atoms with van der Waals surface area (Å²) in [5.41, 5.74) is 2.63. The molecule has 1 aromatic heterocycles. The Balaban J connectivity index is 1.50. The first-order chi connectivity index (χ1) is 17.3. The summed E-state index contributed by atoms with van der Waals surface area (Å²) in [4.78, 5) is 31.7. The lowest BCUT2D eigenvalue weighted by molar-refractivity contribution is -0.137. The number of nitrogens with zero attached hydrogens (tertiary/aromatic N) is 4. The average Bonchev–Trinajstić information content (AvgIpc) is 3.28. The summed E-state index contributed by atoms with van der Waals surface area (Å²) >= 11 is 0. The van der Waals surface area contributed by atoms with Crippen molar-refractivity contribution < 1.29 is 9.18 Å². The Kier molecular flexibility index (Phi) is 7.94. The summed E-state index contributed by atoms with van der Waals surface area (Å²) in [6.07, 6.45) is 0. The van der Waals surface area contributed by atoms with Gasteiger partial charge >= 0.3 is 0 Å². The molecule has 1 aliphatic heterocycles. The average molecular weight is 494 g/mol. The Hall–Kier alpha value is -3.39. The van der Waals surface area contributed by atoms with E-state index in [1.54, 1.807) is 6.07 Å². The molecule has 0 radical (unpaired) electrons. The summed E-state index contributed by atoms with van der Waals surface area (Å²) in [6.45, 7) is 11.7. The second-order valence-corrected chi connectivity index (χ2v) is 9.48. The zero-order valence-corrected chi connectivity index (χ0v) is 21.6. The van der Waals surface area contributed by atoms with E-state index >= 15 is 4.39 Å². The molecule has 0 bridgehead atoms. The molecule has 1 fully saturated rings. The van der Waals surface area contributed by atoms with Crippen LogP contribution in [0.25, 0.3) is 11.3 Å². The minimum absolute atomic E-state index is 0.00000804. The van der Waals surface area contributed by atoms with Crippen LogP contribution in [0.3, 0.4) is 0 Å². The van der Waals surface area contributed by atoms with E-state index in [1.807, 2.05) is 73.9 Å². The predicted molar refractivity (Wildman–Crippen MR) is 142 cm³/mol. The number of benzene rings is 2. The van der Waals surface area contributed by atoms with Crippen molar-refractivity contribution in [3.05, 3.63) is 76.3 Å². The lowest BCUT2D eigenvalue weighted by atomic mass is 10.0. The number of aromatic amines is 1. The molecule has 1 unspecified atom stereocenters. The number of carbonyl (C=O) groups is 1. The number of rotatable bonds is 8. The van der Waals surface area contributed by atoms with Gasteiger partial charge in [0.1, 0.15) is 11.9 Å². The van der Waals surface area contributed by atoms with Crippen LogP contribution in [0.4, 0.5) is 10.1 Å². The predicted octanol–water partition coefficient (Wildman–Crippen LogP) is 4.30. The first-order valence-corrected chi connectivity index (χ1v) is 12.8. The van der Waals surface area contributed by atoms with Gasteiger partial charge in [0, 0.05) is 56.9 Å².